The number of nitrogens with one attached hydrogen (secondary N) is 1. The Balaban J connectivity index is 1.65. The second kappa shape index (κ2) is 6.73. The number of carbonyl (C=O) groups is 1. The standard InChI is InChI=1S/C17H18N2O5S/c1-11-2-4-13(25(18,21)22)9-14(11)17(20)19-7-6-12-3-5-15-16(8-12)24-10-23-15/h2-5,8-9H,6-7,10H2,1H3,(H,19,20)(H2,18,21,22). The zero-order chi connectivity index (χ0) is 18.0. The molecule has 0 bridgehead atoms. The summed E-state index contributed by atoms with van der Waals surface area (Å²) in [5.74, 6) is 1.06. The fourth-order valence-electron chi connectivity index (χ4n) is 2.53. The summed E-state index contributed by atoms with van der Waals surface area (Å²) in [5.41, 5.74) is 1.96. The monoisotopic (exact) mass is 362 g/mol. The number of primary sulfonamides is 1. The van der Waals surface area contributed by atoms with E-state index in [1.54, 1.807) is 13.0 Å². The quantitative estimate of drug-likeness (QED) is 0.835. The zero-order valence-corrected chi connectivity index (χ0v) is 14.4. The van der Waals surface area contributed by atoms with Gasteiger partial charge in [-0.3, -0.25) is 4.79 Å². The number of fused-ring (bicyclic) bond motifs is 1. The lowest BCUT2D eigenvalue weighted by Crippen LogP contribution is -2.27. The van der Waals surface area contributed by atoms with E-state index < -0.39 is 10.0 Å². The van der Waals surface area contributed by atoms with Gasteiger partial charge >= 0.3 is 0 Å². The highest BCUT2D eigenvalue weighted by Gasteiger charge is 2.15. The molecule has 0 saturated carbocycles. The molecule has 2 aromatic carbocycles. The Morgan fingerprint density at radius 2 is 1.92 bits per heavy atom. The van der Waals surface area contributed by atoms with Crippen LogP contribution in [-0.4, -0.2) is 27.7 Å². The number of benzene rings is 2. The minimum atomic E-state index is -3.85. The van der Waals surface area contributed by atoms with Crippen LogP contribution in [-0.2, 0) is 16.4 Å². The zero-order valence-electron chi connectivity index (χ0n) is 13.6. The van der Waals surface area contributed by atoms with Gasteiger partial charge in [0.15, 0.2) is 11.5 Å². The van der Waals surface area contributed by atoms with Crippen LogP contribution in [0.15, 0.2) is 41.3 Å². The topological polar surface area (TPSA) is 108 Å². The molecule has 0 unspecified atom stereocenters. The van der Waals surface area contributed by atoms with Gasteiger partial charge in [-0.25, -0.2) is 13.6 Å². The summed E-state index contributed by atoms with van der Waals surface area (Å²) >= 11 is 0. The molecule has 3 N–H and O–H groups in total. The predicted octanol–water partition coefficient (Wildman–Crippen LogP) is 1.34. The molecular weight excluding hydrogens is 344 g/mol. The molecule has 7 nitrogen and oxygen atoms in total. The van der Waals surface area contributed by atoms with E-state index in [9.17, 15) is 13.2 Å². The van der Waals surface area contributed by atoms with Crippen LogP contribution in [0, 0.1) is 6.92 Å². The van der Waals surface area contributed by atoms with Crippen molar-refractivity contribution in [1.29, 1.82) is 0 Å². The van der Waals surface area contributed by atoms with Gasteiger partial charge in [-0.15, -0.1) is 0 Å². The van der Waals surface area contributed by atoms with E-state index in [0.717, 1.165) is 5.56 Å². The lowest BCUT2D eigenvalue weighted by molar-refractivity contribution is 0.0953. The Labute approximate surface area is 145 Å². The van der Waals surface area contributed by atoms with E-state index >= 15 is 0 Å². The van der Waals surface area contributed by atoms with Gasteiger partial charge in [0.1, 0.15) is 0 Å². The Kier molecular flexibility index (Phi) is 4.65. The van der Waals surface area contributed by atoms with Crippen molar-refractivity contribution in [3.63, 3.8) is 0 Å². The molecule has 0 fully saturated rings. The van der Waals surface area contributed by atoms with Gasteiger partial charge < -0.3 is 14.8 Å². The Bertz CT molecular complexity index is 925. The largest absolute Gasteiger partial charge is 0.454 e. The fourth-order valence-corrected chi connectivity index (χ4v) is 3.07. The second-order valence-corrected chi connectivity index (χ2v) is 7.28. The van der Waals surface area contributed by atoms with Gasteiger partial charge in [0.05, 0.1) is 4.90 Å². The lowest BCUT2D eigenvalue weighted by atomic mass is 10.1. The summed E-state index contributed by atoms with van der Waals surface area (Å²) in [6.07, 6.45) is 0.607. The van der Waals surface area contributed by atoms with E-state index in [4.69, 9.17) is 14.6 Å². The molecule has 0 saturated heterocycles. The van der Waals surface area contributed by atoms with Crippen LogP contribution in [0.3, 0.4) is 0 Å². The molecule has 1 aliphatic heterocycles. The first-order valence-electron chi connectivity index (χ1n) is 7.65. The normalized spacial score (nSPS) is 12.9. The van der Waals surface area contributed by atoms with Crippen molar-refractivity contribution in [1.82, 2.24) is 5.32 Å². The number of hydrogen-bond acceptors (Lipinski definition) is 5. The molecule has 25 heavy (non-hydrogen) atoms. The summed E-state index contributed by atoms with van der Waals surface area (Å²) in [6.45, 7) is 2.35. The van der Waals surface area contributed by atoms with Gasteiger partial charge in [-0.1, -0.05) is 12.1 Å². The Hall–Kier alpha value is -2.58. The first-order chi connectivity index (χ1) is 11.8. The predicted molar refractivity (Wildman–Crippen MR) is 91.2 cm³/mol. The highest BCUT2D eigenvalue weighted by Crippen LogP contribution is 2.32. The number of aryl methyl sites for hydroxylation is 1. The number of ether oxygens (including phenoxy) is 2. The molecule has 1 aliphatic rings. The van der Waals surface area contributed by atoms with E-state index in [0.29, 0.717) is 30.0 Å². The average molecular weight is 362 g/mol. The molecule has 3 rings (SSSR count). The molecule has 0 atom stereocenters. The van der Waals surface area contributed by atoms with E-state index in [-0.39, 0.29) is 23.2 Å². The first-order valence-corrected chi connectivity index (χ1v) is 9.19. The summed E-state index contributed by atoms with van der Waals surface area (Å²) < 4.78 is 33.4. The van der Waals surface area contributed by atoms with Crippen LogP contribution in [0.2, 0.25) is 0 Å². The maximum atomic E-state index is 12.3. The van der Waals surface area contributed by atoms with Gasteiger partial charge in [0.25, 0.3) is 5.91 Å². The van der Waals surface area contributed by atoms with Crippen LogP contribution < -0.4 is 19.9 Å². The molecule has 2 aromatic rings. The minimum absolute atomic E-state index is 0.0842. The summed E-state index contributed by atoms with van der Waals surface area (Å²) in [4.78, 5) is 12.2. The summed E-state index contributed by atoms with van der Waals surface area (Å²) in [7, 11) is -3.85. The van der Waals surface area contributed by atoms with Crippen molar-refractivity contribution < 1.29 is 22.7 Å². The van der Waals surface area contributed by atoms with Crippen LogP contribution in [0.25, 0.3) is 0 Å². The second-order valence-electron chi connectivity index (χ2n) is 5.72. The van der Waals surface area contributed by atoms with Crippen molar-refractivity contribution in [2.24, 2.45) is 5.14 Å². The smallest absolute Gasteiger partial charge is 0.251 e. The van der Waals surface area contributed by atoms with Crippen molar-refractivity contribution >= 4 is 15.9 Å². The van der Waals surface area contributed by atoms with Gasteiger partial charge in [-0.05, 0) is 48.7 Å². The van der Waals surface area contributed by atoms with Crippen LogP contribution in [0.1, 0.15) is 21.5 Å². The molecule has 0 aliphatic carbocycles. The molecule has 1 amide bonds. The Morgan fingerprint density at radius 1 is 1.16 bits per heavy atom. The van der Waals surface area contributed by atoms with E-state index in [2.05, 4.69) is 5.32 Å². The third-order valence-corrected chi connectivity index (χ3v) is 4.83. The first kappa shape index (κ1) is 17.2. The molecule has 0 spiro atoms. The lowest BCUT2D eigenvalue weighted by Gasteiger charge is -2.09. The Morgan fingerprint density at radius 3 is 2.68 bits per heavy atom. The highest BCUT2D eigenvalue weighted by atomic mass is 32.2. The summed E-state index contributed by atoms with van der Waals surface area (Å²) in [5, 5.41) is 7.90. The third kappa shape index (κ3) is 3.92. The SMILES string of the molecule is Cc1ccc(S(N)(=O)=O)cc1C(=O)NCCc1ccc2c(c1)OCO2. The number of amides is 1. The van der Waals surface area contributed by atoms with Crippen molar-refractivity contribution in [3.05, 3.63) is 53.1 Å². The molecule has 1 heterocycles. The average Bonchev–Trinajstić information content (AvgIpc) is 3.01. The van der Waals surface area contributed by atoms with Crippen LogP contribution >= 0.6 is 0 Å². The number of rotatable bonds is 5. The fraction of sp³-hybridized carbons (Fsp3) is 0.235. The van der Waals surface area contributed by atoms with Crippen molar-refractivity contribution in [2.75, 3.05) is 13.3 Å². The van der Waals surface area contributed by atoms with Crippen LogP contribution in [0.4, 0.5) is 0 Å². The maximum Gasteiger partial charge on any atom is 0.251 e. The number of sulfonamides is 1. The van der Waals surface area contributed by atoms with Crippen LogP contribution in [0.5, 0.6) is 11.5 Å². The molecule has 0 radical (unpaired) electrons. The van der Waals surface area contributed by atoms with Crippen molar-refractivity contribution in [3.8, 4) is 11.5 Å². The van der Waals surface area contributed by atoms with E-state index in [1.807, 2.05) is 18.2 Å². The molecule has 0 aromatic heterocycles. The third-order valence-electron chi connectivity index (χ3n) is 3.92. The van der Waals surface area contributed by atoms with Gasteiger partial charge in [0.2, 0.25) is 16.8 Å². The van der Waals surface area contributed by atoms with E-state index in [1.165, 1.54) is 12.1 Å². The highest BCUT2D eigenvalue weighted by molar-refractivity contribution is 7.89. The van der Waals surface area contributed by atoms with Gasteiger partial charge in [0, 0.05) is 12.1 Å². The molecule has 8 heteroatoms. The molecular formula is C17H18N2O5S. The van der Waals surface area contributed by atoms with Crippen molar-refractivity contribution in [2.45, 2.75) is 18.2 Å². The van der Waals surface area contributed by atoms with Gasteiger partial charge in [-0.2, -0.15) is 0 Å². The number of carbonyl (C=O) groups excluding carboxylic acids is 1. The maximum absolute atomic E-state index is 12.3. The summed E-state index contributed by atoms with van der Waals surface area (Å²) in [6, 6.07) is 9.86. The minimum Gasteiger partial charge on any atom is -0.454 e. The molecule has 132 valence electrons. The number of nitrogens with two attached hydrogens (primary N) is 1. The number of hydrogen-bond donors (Lipinski definition) is 2.